The molecule has 0 radical (unpaired) electrons. The molecule has 0 unspecified atom stereocenters. The lowest BCUT2D eigenvalue weighted by Gasteiger charge is -2.07. The first-order valence-electron chi connectivity index (χ1n) is 5.63. The van der Waals surface area contributed by atoms with Crippen LogP contribution in [0.3, 0.4) is 0 Å². The van der Waals surface area contributed by atoms with Crippen LogP contribution in [0.25, 0.3) is 0 Å². The largest absolute Gasteiger partial charge is 0.382 e. The highest BCUT2D eigenvalue weighted by Gasteiger charge is 2.04. The number of benzene rings is 1. The lowest BCUT2D eigenvalue weighted by molar-refractivity contribution is 1.10. The Bertz CT molecular complexity index is 593. The highest BCUT2D eigenvalue weighted by molar-refractivity contribution is 7.99. The van der Waals surface area contributed by atoms with E-state index < -0.39 is 0 Å². The standard InChI is InChI=1S/C14H15N3S/c1-9-6-7-12(10(2)8-9)18-13-5-3-4-11(17-13)14(15)16/h3-8H,1-2H3,(H3,15,16). The smallest absolute Gasteiger partial charge is 0.141 e. The van der Waals surface area contributed by atoms with Crippen LogP contribution in [-0.2, 0) is 0 Å². The van der Waals surface area contributed by atoms with Crippen molar-refractivity contribution in [3.63, 3.8) is 0 Å². The lowest BCUT2D eigenvalue weighted by Crippen LogP contribution is -2.12. The zero-order chi connectivity index (χ0) is 13.1. The van der Waals surface area contributed by atoms with Crippen molar-refractivity contribution in [3.05, 3.63) is 53.2 Å². The third kappa shape index (κ3) is 2.90. The molecule has 0 saturated heterocycles. The molecule has 1 heterocycles. The van der Waals surface area contributed by atoms with Crippen LogP contribution >= 0.6 is 11.8 Å². The van der Waals surface area contributed by atoms with Crippen LogP contribution in [0, 0.1) is 19.3 Å². The van der Waals surface area contributed by atoms with Gasteiger partial charge in [0.15, 0.2) is 0 Å². The first-order valence-corrected chi connectivity index (χ1v) is 6.44. The predicted molar refractivity (Wildman–Crippen MR) is 75.3 cm³/mol. The highest BCUT2D eigenvalue weighted by atomic mass is 32.2. The molecule has 0 aliphatic heterocycles. The van der Waals surface area contributed by atoms with E-state index in [1.165, 1.54) is 16.0 Å². The molecule has 3 nitrogen and oxygen atoms in total. The van der Waals surface area contributed by atoms with Gasteiger partial charge < -0.3 is 5.73 Å². The molecule has 0 aliphatic rings. The second-order valence-corrected chi connectivity index (χ2v) is 5.21. The summed E-state index contributed by atoms with van der Waals surface area (Å²) in [5, 5.41) is 8.24. The van der Waals surface area contributed by atoms with Crippen molar-refractivity contribution in [1.82, 2.24) is 4.98 Å². The van der Waals surface area contributed by atoms with E-state index in [9.17, 15) is 0 Å². The summed E-state index contributed by atoms with van der Waals surface area (Å²) in [4.78, 5) is 5.52. The average molecular weight is 257 g/mol. The Balaban J connectivity index is 2.28. The summed E-state index contributed by atoms with van der Waals surface area (Å²) >= 11 is 1.59. The van der Waals surface area contributed by atoms with Crippen LogP contribution < -0.4 is 5.73 Å². The third-order valence-corrected chi connectivity index (χ3v) is 3.66. The third-order valence-electron chi connectivity index (χ3n) is 2.54. The van der Waals surface area contributed by atoms with Crippen molar-refractivity contribution in [2.24, 2.45) is 5.73 Å². The molecule has 18 heavy (non-hydrogen) atoms. The molecule has 2 rings (SSSR count). The first-order chi connectivity index (χ1) is 8.56. The number of nitrogens with two attached hydrogens (primary N) is 1. The van der Waals surface area contributed by atoms with Crippen molar-refractivity contribution >= 4 is 17.6 Å². The number of amidine groups is 1. The normalized spacial score (nSPS) is 10.3. The fourth-order valence-corrected chi connectivity index (χ4v) is 2.52. The number of hydrogen-bond acceptors (Lipinski definition) is 3. The Kier molecular flexibility index (Phi) is 3.67. The van der Waals surface area contributed by atoms with Crippen molar-refractivity contribution < 1.29 is 0 Å². The number of nitrogens with zero attached hydrogens (tertiary/aromatic N) is 1. The summed E-state index contributed by atoms with van der Waals surface area (Å²) in [6, 6.07) is 11.9. The zero-order valence-electron chi connectivity index (χ0n) is 10.4. The second kappa shape index (κ2) is 5.23. The van der Waals surface area contributed by atoms with E-state index in [0.717, 1.165) is 5.03 Å². The lowest BCUT2D eigenvalue weighted by atomic mass is 10.2. The molecule has 1 aromatic heterocycles. The van der Waals surface area contributed by atoms with E-state index in [-0.39, 0.29) is 5.84 Å². The first kappa shape index (κ1) is 12.6. The minimum Gasteiger partial charge on any atom is -0.382 e. The van der Waals surface area contributed by atoms with Gasteiger partial charge in [0.05, 0.1) is 0 Å². The maximum absolute atomic E-state index is 7.39. The average Bonchev–Trinajstić information content (AvgIpc) is 2.33. The van der Waals surface area contributed by atoms with E-state index in [1.807, 2.05) is 12.1 Å². The number of hydrogen-bond donors (Lipinski definition) is 2. The minimum absolute atomic E-state index is 0.00178. The number of nitrogens with one attached hydrogen (secondary N) is 1. The molecule has 1 aromatic carbocycles. The molecular weight excluding hydrogens is 242 g/mol. The van der Waals surface area contributed by atoms with E-state index in [1.54, 1.807) is 17.8 Å². The highest BCUT2D eigenvalue weighted by Crippen LogP contribution is 2.29. The van der Waals surface area contributed by atoms with Gasteiger partial charge in [-0.25, -0.2) is 4.98 Å². The van der Waals surface area contributed by atoms with Crippen LogP contribution in [0.5, 0.6) is 0 Å². The molecule has 4 heteroatoms. The van der Waals surface area contributed by atoms with E-state index in [2.05, 4.69) is 37.0 Å². The van der Waals surface area contributed by atoms with Gasteiger partial charge in [0.25, 0.3) is 0 Å². The fourth-order valence-electron chi connectivity index (χ4n) is 1.65. The van der Waals surface area contributed by atoms with Gasteiger partial charge in [0.2, 0.25) is 0 Å². The van der Waals surface area contributed by atoms with Gasteiger partial charge in [-0.15, -0.1) is 0 Å². The summed E-state index contributed by atoms with van der Waals surface area (Å²) in [7, 11) is 0. The van der Waals surface area contributed by atoms with Crippen molar-refractivity contribution in [3.8, 4) is 0 Å². The second-order valence-electron chi connectivity index (χ2n) is 4.15. The molecule has 0 bridgehead atoms. The zero-order valence-corrected chi connectivity index (χ0v) is 11.2. The fraction of sp³-hybridized carbons (Fsp3) is 0.143. The molecule has 3 N–H and O–H groups in total. The van der Waals surface area contributed by atoms with Crippen molar-refractivity contribution in [2.75, 3.05) is 0 Å². The topological polar surface area (TPSA) is 62.8 Å². The molecule has 0 amide bonds. The summed E-state index contributed by atoms with van der Waals surface area (Å²) in [6.45, 7) is 4.17. The summed E-state index contributed by atoms with van der Waals surface area (Å²) < 4.78 is 0. The molecule has 92 valence electrons. The van der Waals surface area contributed by atoms with E-state index in [4.69, 9.17) is 11.1 Å². The summed E-state index contributed by atoms with van der Waals surface area (Å²) in [5.74, 6) is -0.00178. The van der Waals surface area contributed by atoms with Gasteiger partial charge in [-0.2, -0.15) is 0 Å². The number of pyridine rings is 1. The van der Waals surface area contributed by atoms with Crippen LogP contribution in [0.2, 0.25) is 0 Å². The van der Waals surface area contributed by atoms with Crippen LogP contribution in [0.4, 0.5) is 0 Å². The molecule has 0 saturated carbocycles. The van der Waals surface area contributed by atoms with Crippen molar-refractivity contribution in [1.29, 1.82) is 5.41 Å². The number of aromatic nitrogens is 1. The Morgan fingerprint density at radius 1 is 1.22 bits per heavy atom. The molecule has 0 atom stereocenters. The van der Waals surface area contributed by atoms with Crippen molar-refractivity contribution in [2.45, 2.75) is 23.8 Å². The Labute approximate surface area is 111 Å². The van der Waals surface area contributed by atoms with Crippen LogP contribution in [0.1, 0.15) is 16.8 Å². The summed E-state index contributed by atoms with van der Waals surface area (Å²) in [6.07, 6.45) is 0. The maximum atomic E-state index is 7.39. The number of nitrogen functional groups attached to an aromatic ring is 1. The van der Waals surface area contributed by atoms with Gasteiger partial charge in [-0.05, 0) is 37.6 Å². The molecule has 0 aliphatic carbocycles. The van der Waals surface area contributed by atoms with Gasteiger partial charge in [-0.1, -0.05) is 35.5 Å². The molecular formula is C14H15N3S. The molecule has 0 spiro atoms. The number of rotatable bonds is 3. The summed E-state index contributed by atoms with van der Waals surface area (Å²) in [5.41, 5.74) is 8.44. The Hall–Kier alpha value is -1.81. The monoisotopic (exact) mass is 257 g/mol. The molecule has 2 aromatic rings. The Morgan fingerprint density at radius 3 is 2.67 bits per heavy atom. The van der Waals surface area contributed by atoms with Gasteiger partial charge in [-0.3, -0.25) is 5.41 Å². The van der Waals surface area contributed by atoms with Crippen LogP contribution in [-0.4, -0.2) is 10.8 Å². The van der Waals surface area contributed by atoms with Gasteiger partial charge in [0.1, 0.15) is 16.6 Å². The quantitative estimate of drug-likeness (QED) is 0.656. The number of aryl methyl sites for hydroxylation is 2. The van der Waals surface area contributed by atoms with E-state index >= 15 is 0 Å². The SMILES string of the molecule is Cc1ccc(Sc2cccc(C(=N)N)n2)c(C)c1. The maximum Gasteiger partial charge on any atom is 0.141 e. The predicted octanol–water partition coefficient (Wildman–Crippen LogP) is 3.13. The van der Waals surface area contributed by atoms with Gasteiger partial charge >= 0.3 is 0 Å². The Morgan fingerprint density at radius 2 is 2.00 bits per heavy atom. The minimum atomic E-state index is -0.00178. The van der Waals surface area contributed by atoms with Gasteiger partial charge in [0, 0.05) is 4.90 Å². The van der Waals surface area contributed by atoms with Crippen LogP contribution in [0.15, 0.2) is 46.3 Å². The van der Waals surface area contributed by atoms with E-state index in [0.29, 0.717) is 5.69 Å². The molecule has 0 fully saturated rings.